The summed E-state index contributed by atoms with van der Waals surface area (Å²) in [5.41, 5.74) is 6.32. The van der Waals surface area contributed by atoms with Gasteiger partial charge in [-0.3, -0.25) is 14.9 Å². The molecular formula is C25H27N5O3. The highest BCUT2D eigenvalue weighted by molar-refractivity contribution is 5.96. The largest absolute Gasteiger partial charge is 0.352 e. The summed E-state index contributed by atoms with van der Waals surface area (Å²) in [4.78, 5) is 27.6. The standard InChI is InChI=1S/C25H27N5O3/c1-16-14-18(3)21(15-17(16)2)22-8-9-24(27-26-22)28-10-12-29(13-11-28)25(31)20-6-5-7-23(19(20)4)30(32)33/h5-9,14-15H,10-13H2,1-4H3. The Bertz CT molecular complexity index is 1220. The molecule has 0 spiro atoms. The Morgan fingerprint density at radius 1 is 0.909 bits per heavy atom. The monoisotopic (exact) mass is 445 g/mol. The molecule has 170 valence electrons. The lowest BCUT2D eigenvalue weighted by atomic mass is 9.99. The minimum Gasteiger partial charge on any atom is -0.352 e. The number of nitrogens with zero attached hydrogens (tertiary/aromatic N) is 5. The van der Waals surface area contributed by atoms with Crippen LogP contribution >= 0.6 is 0 Å². The van der Waals surface area contributed by atoms with Gasteiger partial charge in [0.15, 0.2) is 5.82 Å². The summed E-state index contributed by atoms with van der Waals surface area (Å²) >= 11 is 0. The third-order valence-electron chi connectivity index (χ3n) is 6.39. The third kappa shape index (κ3) is 4.41. The molecule has 1 aromatic heterocycles. The van der Waals surface area contributed by atoms with Crippen LogP contribution in [0.5, 0.6) is 0 Å². The molecule has 0 unspecified atom stereocenters. The molecule has 0 atom stereocenters. The maximum Gasteiger partial charge on any atom is 0.273 e. The zero-order valence-electron chi connectivity index (χ0n) is 19.3. The van der Waals surface area contributed by atoms with E-state index in [9.17, 15) is 14.9 Å². The average Bonchev–Trinajstić information content (AvgIpc) is 2.81. The summed E-state index contributed by atoms with van der Waals surface area (Å²) in [5, 5.41) is 20.1. The van der Waals surface area contributed by atoms with Gasteiger partial charge in [-0.1, -0.05) is 12.1 Å². The van der Waals surface area contributed by atoms with Gasteiger partial charge in [0.05, 0.1) is 10.6 Å². The number of carbonyl (C=O) groups excluding carboxylic acids is 1. The lowest BCUT2D eigenvalue weighted by Crippen LogP contribution is -2.49. The first kappa shape index (κ1) is 22.4. The van der Waals surface area contributed by atoms with Crippen LogP contribution in [-0.2, 0) is 0 Å². The molecule has 2 aromatic carbocycles. The second-order valence-electron chi connectivity index (χ2n) is 8.51. The Labute approximate surface area is 193 Å². The van der Waals surface area contributed by atoms with E-state index < -0.39 is 4.92 Å². The summed E-state index contributed by atoms with van der Waals surface area (Å²) in [6, 6.07) is 12.9. The number of aryl methyl sites for hydroxylation is 3. The van der Waals surface area contributed by atoms with Crippen molar-refractivity contribution in [1.29, 1.82) is 0 Å². The van der Waals surface area contributed by atoms with Crippen LogP contribution in [-0.4, -0.2) is 52.1 Å². The van der Waals surface area contributed by atoms with Gasteiger partial charge in [0.25, 0.3) is 11.6 Å². The third-order valence-corrected chi connectivity index (χ3v) is 6.39. The van der Waals surface area contributed by atoms with E-state index in [2.05, 4.69) is 48.0 Å². The minimum atomic E-state index is -0.453. The number of hydrogen-bond acceptors (Lipinski definition) is 6. The highest BCUT2D eigenvalue weighted by Gasteiger charge is 2.26. The predicted molar refractivity (Wildman–Crippen MR) is 128 cm³/mol. The fraction of sp³-hybridized carbons (Fsp3) is 0.320. The van der Waals surface area contributed by atoms with Crippen molar-refractivity contribution < 1.29 is 9.72 Å². The van der Waals surface area contributed by atoms with E-state index in [4.69, 9.17) is 0 Å². The molecule has 1 fully saturated rings. The Balaban J connectivity index is 1.44. The maximum atomic E-state index is 13.0. The van der Waals surface area contributed by atoms with Gasteiger partial charge in [0.1, 0.15) is 0 Å². The van der Waals surface area contributed by atoms with Crippen molar-refractivity contribution in [2.75, 3.05) is 31.1 Å². The molecular weight excluding hydrogens is 418 g/mol. The second-order valence-corrected chi connectivity index (χ2v) is 8.51. The molecule has 1 saturated heterocycles. The number of amides is 1. The van der Waals surface area contributed by atoms with Crippen LogP contribution in [0.15, 0.2) is 42.5 Å². The lowest BCUT2D eigenvalue weighted by molar-refractivity contribution is -0.385. The number of hydrogen-bond donors (Lipinski definition) is 0. The van der Waals surface area contributed by atoms with E-state index in [0.29, 0.717) is 37.3 Å². The summed E-state index contributed by atoms with van der Waals surface area (Å²) in [5.74, 6) is 0.598. The maximum absolute atomic E-state index is 13.0. The second kappa shape index (κ2) is 8.97. The van der Waals surface area contributed by atoms with E-state index in [1.54, 1.807) is 24.0 Å². The van der Waals surface area contributed by atoms with Gasteiger partial charge in [-0.15, -0.1) is 10.2 Å². The molecule has 1 aliphatic rings. The normalized spacial score (nSPS) is 13.8. The Hall–Kier alpha value is -3.81. The highest BCUT2D eigenvalue weighted by Crippen LogP contribution is 2.26. The molecule has 0 bridgehead atoms. The zero-order valence-corrected chi connectivity index (χ0v) is 19.3. The van der Waals surface area contributed by atoms with Crippen molar-refractivity contribution in [2.45, 2.75) is 27.7 Å². The van der Waals surface area contributed by atoms with Crippen molar-refractivity contribution in [3.63, 3.8) is 0 Å². The van der Waals surface area contributed by atoms with Gasteiger partial charge in [0.2, 0.25) is 0 Å². The first-order chi connectivity index (χ1) is 15.8. The minimum absolute atomic E-state index is 0.0335. The number of carbonyl (C=O) groups is 1. The quantitative estimate of drug-likeness (QED) is 0.440. The van der Waals surface area contributed by atoms with Gasteiger partial charge >= 0.3 is 0 Å². The SMILES string of the molecule is Cc1cc(C)c(-c2ccc(N3CCN(C(=O)c4cccc([N+](=O)[O-])c4C)CC3)nn2)cc1C. The lowest BCUT2D eigenvalue weighted by Gasteiger charge is -2.35. The van der Waals surface area contributed by atoms with Gasteiger partial charge in [0, 0.05) is 48.9 Å². The van der Waals surface area contributed by atoms with E-state index in [1.807, 2.05) is 12.1 Å². The Morgan fingerprint density at radius 2 is 1.61 bits per heavy atom. The van der Waals surface area contributed by atoms with Crippen molar-refractivity contribution in [3.05, 3.63) is 80.4 Å². The van der Waals surface area contributed by atoms with Crippen LogP contribution < -0.4 is 4.90 Å². The van der Waals surface area contributed by atoms with Crippen LogP contribution in [0.1, 0.15) is 32.6 Å². The molecule has 0 N–H and O–H groups in total. The fourth-order valence-corrected chi connectivity index (χ4v) is 4.24. The molecule has 0 aliphatic carbocycles. The van der Waals surface area contributed by atoms with Gasteiger partial charge in [-0.2, -0.15) is 0 Å². The van der Waals surface area contributed by atoms with Crippen molar-refractivity contribution in [3.8, 4) is 11.3 Å². The number of nitro groups is 1. The summed E-state index contributed by atoms with van der Waals surface area (Å²) in [6.45, 7) is 10.2. The number of aromatic nitrogens is 2. The van der Waals surface area contributed by atoms with Crippen LogP contribution in [0.25, 0.3) is 11.3 Å². The molecule has 33 heavy (non-hydrogen) atoms. The first-order valence-corrected chi connectivity index (χ1v) is 11.0. The summed E-state index contributed by atoms with van der Waals surface area (Å²) in [6.07, 6.45) is 0. The fourth-order valence-electron chi connectivity index (χ4n) is 4.24. The Kier molecular flexibility index (Phi) is 6.09. The first-order valence-electron chi connectivity index (χ1n) is 11.0. The van der Waals surface area contributed by atoms with Gasteiger partial charge < -0.3 is 9.80 Å². The molecule has 2 heterocycles. The molecule has 3 aromatic rings. The molecule has 1 aliphatic heterocycles. The molecule has 0 radical (unpaired) electrons. The Morgan fingerprint density at radius 3 is 2.24 bits per heavy atom. The van der Waals surface area contributed by atoms with E-state index in [0.717, 1.165) is 17.1 Å². The van der Waals surface area contributed by atoms with Crippen molar-refractivity contribution in [2.24, 2.45) is 0 Å². The summed E-state index contributed by atoms with van der Waals surface area (Å²) in [7, 11) is 0. The van der Waals surface area contributed by atoms with E-state index in [1.165, 1.54) is 22.8 Å². The van der Waals surface area contributed by atoms with Gasteiger partial charge in [-0.25, -0.2) is 0 Å². The zero-order chi connectivity index (χ0) is 23.7. The van der Waals surface area contributed by atoms with Crippen molar-refractivity contribution >= 4 is 17.4 Å². The predicted octanol–water partition coefficient (Wildman–Crippen LogP) is 4.25. The molecule has 8 heteroatoms. The number of nitro benzene ring substituents is 1. The highest BCUT2D eigenvalue weighted by atomic mass is 16.6. The number of benzene rings is 2. The topological polar surface area (TPSA) is 92.5 Å². The molecule has 4 rings (SSSR count). The molecule has 0 saturated carbocycles. The van der Waals surface area contributed by atoms with Crippen LogP contribution in [0, 0.1) is 37.8 Å². The number of rotatable bonds is 4. The van der Waals surface area contributed by atoms with Gasteiger partial charge in [-0.05, 0) is 68.7 Å². The number of anilines is 1. The summed E-state index contributed by atoms with van der Waals surface area (Å²) < 4.78 is 0. The van der Waals surface area contributed by atoms with Crippen molar-refractivity contribution in [1.82, 2.24) is 15.1 Å². The smallest absolute Gasteiger partial charge is 0.273 e. The molecule has 1 amide bonds. The average molecular weight is 446 g/mol. The molecule has 8 nitrogen and oxygen atoms in total. The van der Waals surface area contributed by atoms with Crippen LogP contribution in [0.3, 0.4) is 0 Å². The number of piperazine rings is 1. The van der Waals surface area contributed by atoms with Crippen LogP contribution in [0.4, 0.5) is 11.5 Å². The van der Waals surface area contributed by atoms with E-state index in [-0.39, 0.29) is 11.6 Å². The van der Waals surface area contributed by atoms with Crippen LogP contribution in [0.2, 0.25) is 0 Å². The van der Waals surface area contributed by atoms with E-state index >= 15 is 0 Å².